The summed E-state index contributed by atoms with van der Waals surface area (Å²) < 4.78 is 32.7. The summed E-state index contributed by atoms with van der Waals surface area (Å²) in [7, 11) is -3.59. The third kappa shape index (κ3) is 5.39. The lowest BCUT2D eigenvalue weighted by Gasteiger charge is -2.30. The van der Waals surface area contributed by atoms with E-state index in [2.05, 4.69) is 5.32 Å². The predicted molar refractivity (Wildman–Crippen MR) is 126 cm³/mol. The number of sulfonamides is 1. The molecule has 1 fully saturated rings. The quantitative estimate of drug-likeness (QED) is 0.623. The Morgan fingerprint density at radius 3 is 2.55 bits per heavy atom. The number of esters is 1. The molecule has 0 saturated carbocycles. The van der Waals surface area contributed by atoms with Crippen LogP contribution in [0, 0.1) is 12.8 Å². The molecule has 1 N–H and O–H groups in total. The molecule has 9 heteroatoms. The molecule has 1 amide bonds. The van der Waals surface area contributed by atoms with Crippen LogP contribution >= 0.6 is 11.6 Å². The van der Waals surface area contributed by atoms with Crippen LogP contribution in [0.1, 0.15) is 36.0 Å². The molecule has 0 spiro atoms. The molecule has 0 bridgehead atoms. The van der Waals surface area contributed by atoms with Crippen LogP contribution in [0.2, 0.25) is 5.02 Å². The van der Waals surface area contributed by atoms with Gasteiger partial charge in [0.15, 0.2) is 6.61 Å². The van der Waals surface area contributed by atoms with Gasteiger partial charge >= 0.3 is 5.97 Å². The van der Waals surface area contributed by atoms with E-state index in [1.54, 1.807) is 30.3 Å². The van der Waals surface area contributed by atoms with Crippen molar-refractivity contribution < 1.29 is 22.7 Å². The number of nitrogens with one attached hydrogen (secondary N) is 1. The zero-order valence-corrected chi connectivity index (χ0v) is 20.0. The SMILES string of the molecule is Cc1ccc(NC(=O)COC(=O)C2CCN(S(=O)(=O)c3ccc4c(c3)CCC4)CC2)cc1Cl. The third-order valence-corrected chi connectivity index (χ3v) is 8.60. The second kappa shape index (κ2) is 9.83. The molecule has 1 saturated heterocycles. The fraction of sp³-hybridized carbons (Fsp3) is 0.417. The van der Waals surface area contributed by atoms with Crippen molar-refractivity contribution in [3.05, 3.63) is 58.1 Å². The summed E-state index contributed by atoms with van der Waals surface area (Å²) >= 11 is 6.05. The van der Waals surface area contributed by atoms with Gasteiger partial charge in [0, 0.05) is 23.8 Å². The Kier molecular flexibility index (Phi) is 7.07. The van der Waals surface area contributed by atoms with Crippen molar-refractivity contribution in [2.45, 2.75) is 43.9 Å². The fourth-order valence-corrected chi connectivity index (χ4v) is 6.01. The molecule has 2 aromatic rings. The highest BCUT2D eigenvalue weighted by atomic mass is 35.5. The van der Waals surface area contributed by atoms with E-state index in [1.807, 2.05) is 13.0 Å². The maximum atomic E-state index is 13.0. The van der Waals surface area contributed by atoms with Crippen LogP contribution in [-0.2, 0) is 37.2 Å². The number of ether oxygens (including phenoxy) is 1. The van der Waals surface area contributed by atoms with Crippen LogP contribution in [0.5, 0.6) is 0 Å². The van der Waals surface area contributed by atoms with Crippen LogP contribution < -0.4 is 5.32 Å². The summed E-state index contributed by atoms with van der Waals surface area (Å²) in [6.07, 6.45) is 3.69. The Labute approximate surface area is 199 Å². The van der Waals surface area contributed by atoms with Crippen LogP contribution in [-0.4, -0.2) is 44.3 Å². The first kappa shape index (κ1) is 23.7. The van der Waals surface area contributed by atoms with Crippen molar-refractivity contribution in [1.29, 1.82) is 0 Å². The molecule has 1 heterocycles. The topological polar surface area (TPSA) is 92.8 Å². The Morgan fingerprint density at radius 1 is 1.09 bits per heavy atom. The minimum absolute atomic E-state index is 0.243. The van der Waals surface area contributed by atoms with Gasteiger partial charge < -0.3 is 10.1 Å². The fourth-order valence-electron chi connectivity index (χ4n) is 4.31. The summed E-state index contributed by atoms with van der Waals surface area (Å²) in [5.41, 5.74) is 3.76. The molecule has 176 valence electrons. The van der Waals surface area contributed by atoms with Crippen molar-refractivity contribution in [3.8, 4) is 0 Å². The molecular weight excluding hydrogens is 464 g/mol. The number of rotatable bonds is 6. The third-order valence-electron chi connectivity index (χ3n) is 6.30. The standard InChI is InChI=1S/C24H27ClN2O5S/c1-16-5-7-20(14-22(16)25)26-23(28)15-32-24(29)18-9-11-27(12-10-18)33(30,31)21-8-6-17-3-2-4-19(17)13-21/h5-8,13-14,18H,2-4,9-12,15H2,1H3,(H,26,28). The predicted octanol–water partition coefficient (Wildman–Crippen LogP) is 3.72. The van der Waals surface area contributed by atoms with Crippen LogP contribution in [0.4, 0.5) is 5.69 Å². The number of halogens is 1. The van der Waals surface area contributed by atoms with Crippen LogP contribution in [0.25, 0.3) is 0 Å². The number of anilines is 1. The molecule has 1 aliphatic carbocycles. The van der Waals surface area contributed by atoms with Gasteiger partial charge in [-0.25, -0.2) is 8.42 Å². The second-order valence-corrected chi connectivity index (χ2v) is 10.9. The molecule has 7 nitrogen and oxygen atoms in total. The van der Waals surface area contributed by atoms with Crippen molar-refractivity contribution in [2.24, 2.45) is 5.92 Å². The van der Waals surface area contributed by atoms with Gasteiger partial charge in [0.2, 0.25) is 10.0 Å². The van der Waals surface area contributed by atoms with E-state index in [9.17, 15) is 18.0 Å². The Hall–Kier alpha value is -2.42. The molecule has 0 radical (unpaired) electrons. The largest absolute Gasteiger partial charge is 0.455 e. The first-order valence-corrected chi connectivity index (χ1v) is 12.9. The smallest absolute Gasteiger partial charge is 0.309 e. The number of carbonyl (C=O) groups is 2. The number of piperidine rings is 1. The van der Waals surface area contributed by atoms with E-state index in [-0.39, 0.29) is 13.1 Å². The summed E-state index contributed by atoms with van der Waals surface area (Å²) in [6.45, 7) is 1.94. The number of fused-ring (bicyclic) bond motifs is 1. The zero-order valence-electron chi connectivity index (χ0n) is 18.5. The minimum Gasteiger partial charge on any atom is -0.455 e. The number of hydrogen-bond acceptors (Lipinski definition) is 5. The van der Waals surface area contributed by atoms with Crippen molar-refractivity contribution in [3.63, 3.8) is 0 Å². The highest BCUT2D eigenvalue weighted by molar-refractivity contribution is 7.89. The summed E-state index contributed by atoms with van der Waals surface area (Å²) in [6, 6.07) is 10.5. The molecule has 2 aliphatic rings. The number of carbonyl (C=O) groups excluding carboxylic acids is 2. The van der Waals surface area contributed by atoms with Gasteiger partial charge in [-0.15, -0.1) is 0 Å². The maximum absolute atomic E-state index is 13.0. The van der Waals surface area contributed by atoms with E-state index in [4.69, 9.17) is 16.3 Å². The average Bonchev–Trinajstić information content (AvgIpc) is 3.28. The second-order valence-electron chi connectivity index (χ2n) is 8.58. The Bertz CT molecular complexity index is 1170. The summed E-state index contributed by atoms with van der Waals surface area (Å²) in [5, 5.41) is 3.18. The Morgan fingerprint density at radius 2 is 1.82 bits per heavy atom. The van der Waals surface area contributed by atoms with Crippen LogP contribution in [0.15, 0.2) is 41.3 Å². The molecule has 0 atom stereocenters. The highest BCUT2D eigenvalue weighted by Crippen LogP contribution is 2.29. The lowest BCUT2D eigenvalue weighted by atomic mass is 9.98. The van der Waals surface area contributed by atoms with Crippen molar-refractivity contribution in [2.75, 3.05) is 25.0 Å². The Balaban J connectivity index is 1.27. The van der Waals surface area contributed by atoms with E-state index in [1.165, 1.54) is 9.87 Å². The van der Waals surface area contributed by atoms with E-state index in [0.29, 0.717) is 28.4 Å². The molecular formula is C24H27ClN2O5S. The van der Waals surface area contributed by atoms with E-state index in [0.717, 1.165) is 30.4 Å². The van der Waals surface area contributed by atoms with Gasteiger partial charge in [-0.3, -0.25) is 9.59 Å². The lowest BCUT2D eigenvalue weighted by molar-refractivity contribution is -0.152. The van der Waals surface area contributed by atoms with Gasteiger partial charge in [-0.2, -0.15) is 4.31 Å². The average molecular weight is 491 g/mol. The monoisotopic (exact) mass is 490 g/mol. The minimum atomic E-state index is -3.59. The molecule has 0 aromatic heterocycles. The number of amides is 1. The van der Waals surface area contributed by atoms with E-state index < -0.39 is 34.4 Å². The highest BCUT2D eigenvalue weighted by Gasteiger charge is 2.33. The lowest BCUT2D eigenvalue weighted by Crippen LogP contribution is -2.41. The zero-order chi connectivity index (χ0) is 23.6. The van der Waals surface area contributed by atoms with Gasteiger partial charge in [0.1, 0.15) is 0 Å². The van der Waals surface area contributed by atoms with Crippen LogP contribution in [0.3, 0.4) is 0 Å². The maximum Gasteiger partial charge on any atom is 0.309 e. The van der Waals surface area contributed by atoms with Gasteiger partial charge in [-0.05, 0) is 80.0 Å². The van der Waals surface area contributed by atoms with Crippen molar-refractivity contribution in [1.82, 2.24) is 4.31 Å². The van der Waals surface area contributed by atoms with Gasteiger partial charge in [-0.1, -0.05) is 23.7 Å². The number of aryl methyl sites for hydroxylation is 3. The summed E-state index contributed by atoms with van der Waals surface area (Å²) in [5.74, 6) is -1.38. The van der Waals surface area contributed by atoms with Gasteiger partial charge in [0.05, 0.1) is 10.8 Å². The molecule has 4 rings (SSSR count). The normalized spacial score (nSPS) is 16.9. The summed E-state index contributed by atoms with van der Waals surface area (Å²) in [4.78, 5) is 24.8. The number of hydrogen-bond donors (Lipinski definition) is 1. The molecule has 0 unspecified atom stereocenters. The number of benzene rings is 2. The first-order chi connectivity index (χ1) is 15.7. The van der Waals surface area contributed by atoms with E-state index >= 15 is 0 Å². The van der Waals surface area contributed by atoms with Crippen molar-refractivity contribution >= 4 is 39.2 Å². The molecule has 2 aromatic carbocycles. The molecule has 1 aliphatic heterocycles. The number of nitrogens with zero attached hydrogens (tertiary/aromatic N) is 1. The van der Waals surface area contributed by atoms with Gasteiger partial charge in [0.25, 0.3) is 5.91 Å². The first-order valence-electron chi connectivity index (χ1n) is 11.1. The molecule has 33 heavy (non-hydrogen) atoms.